The van der Waals surface area contributed by atoms with Crippen molar-refractivity contribution in [2.75, 3.05) is 19.7 Å². The maximum Gasteiger partial charge on any atom is 0.416 e. The van der Waals surface area contributed by atoms with Crippen molar-refractivity contribution in [3.8, 4) is 5.69 Å². The minimum absolute atomic E-state index is 0.0139. The summed E-state index contributed by atoms with van der Waals surface area (Å²) in [5, 5.41) is 3.14. The molecule has 1 atom stereocenters. The van der Waals surface area contributed by atoms with Crippen molar-refractivity contribution in [3.05, 3.63) is 89.7 Å². The molecule has 8 heteroatoms. The van der Waals surface area contributed by atoms with Crippen molar-refractivity contribution in [1.82, 2.24) is 14.8 Å². The molecular formula is C30H36F3N3O2. The van der Waals surface area contributed by atoms with Crippen molar-refractivity contribution >= 4 is 5.91 Å². The highest BCUT2D eigenvalue weighted by Crippen LogP contribution is 2.30. The van der Waals surface area contributed by atoms with Gasteiger partial charge in [0.2, 0.25) is 5.91 Å². The predicted molar refractivity (Wildman–Crippen MR) is 142 cm³/mol. The number of rotatable bonds is 11. The number of benzene rings is 2. The molecule has 1 fully saturated rings. The summed E-state index contributed by atoms with van der Waals surface area (Å²) in [6, 6.07) is 17.2. The molecule has 0 bridgehead atoms. The fourth-order valence-corrected chi connectivity index (χ4v) is 4.83. The van der Waals surface area contributed by atoms with E-state index >= 15 is 0 Å². The zero-order valence-corrected chi connectivity index (χ0v) is 21.8. The molecule has 4 rings (SSSR count). The number of carbonyl (C=O) groups excluding carboxylic acids is 1. The van der Waals surface area contributed by atoms with Gasteiger partial charge in [0.1, 0.15) is 0 Å². The van der Waals surface area contributed by atoms with Gasteiger partial charge in [0.05, 0.1) is 24.8 Å². The van der Waals surface area contributed by atoms with E-state index in [0.29, 0.717) is 31.2 Å². The van der Waals surface area contributed by atoms with Gasteiger partial charge in [0, 0.05) is 31.0 Å². The lowest BCUT2D eigenvalue weighted by molar-refractivity contribution is -0.137. The van der Waals surface area contributed by atoms with Crippen LogP contribution in [-0.4, -0.2) is 41.1 Å². The van der Waals surface area contributed by atoms with Gasteiger partial charge in [0.15, 0.2) is 0 Å². The van der Waals surface area contributed by atoms with Gasteiger partial charge >= 0.3 is 6.18 Å². The van der Waals surface area contributed by atoms with E-state index in [9.17, 15) is 18.0 Å². The lowest BCUT2D eigenvalue weighted by Crippen LogP contribution is -2.40. The van der Waals surface area contributed by atoms with E-state index < -0.39 is 11.7 Å². The molecule has 0 unspecified atom stereocenters. The van der Waals surface area contributed by atoms with Crippen molar-refractivity contribution in [2.45, 2.75) is 58.0 Å². The second-order valence-electron chi connectivity index (χ2n) is 10.1. The normalized spacial score (nSPS) is 15.9. The molecule has 38 heavy (non-hydrogen) atoms. The molecule has 2 heterocycles. The Hall–Kier alpha value is -3.10. The lowest BCUT2D eigenvalue weighted by Gasteiger charge is -2.31. The maximum absolute atomic E-state index is 12.8. The van der Waals surface area contributed by atoms with E-state index in [0.717, 1.165) is 62.2 Å². The van der Waals surface area contributed by atoms with E-state index in [-0.39, 0.29) is 11.9 Å². The van der Waals surface area contributed by atoms with E-state index in [2.05, 4.69) is 17.1 Å². The molecule has 0 spiro atoms. The highest BCUT2D eigenvalue weighted by molar-refractivity contribution is 5.76. The third-order valence-corrected chi connectivity index (χ3v) is 7.12. The van der Waals surface area contributed by atoms with E-state index in [1.807, 2.05) is 53.4 Å². The zero-order chi connectivity index (χ0) is 27.0. The monoisotopic (exact) mass is 527 g/mol. The first-order valence-electron chi connectivity index (χ1n) is 13.3. The number of hydrogen-bond donors (Lipinski definition) is 1. The number of carbonyl (C=O) groups is 1. The van der Waals surface area contributed by atoms with Crippen molar-refractivity contribution in [1.29, 1.82) is 0 Å². The summed E-state index contributed by atoms with van der Waals surface area (Å²) in [5.74, 6) is 0.456. The third-order valence-electron chi connectivity index (χ3n) is 7.12. The summed E-state index contributed by atoms with van der Waals surface area (Å²) in [4.78, 5) is 15.0. The molecule has 1 aliphatic rings. The van der Waals surface area contributed by atoms with Crippen LogP contribution in [-0.2, 0) is 28.9 Å². The van der Waals surface area contributed by atoms with E-state index in [1.165, 1.54) is 12.1 Å². The first-order chi connectivity index (χ1) is 18.3. The second-order valence-corrected chi connectivity index (χ2v) is 10.1. The summed E-state index contributed by atoms with van der Waals surface area (Å²) in [6.07, 6.45) is 2.80. The lowest BCUT2D eigenvalue weighted by atomic mass is 9.93. The van der Waals surface area contributed by atoms with Crippen LogP contribution < -0.4 is 5.32 Å². The number of ether oxygens (including phenoxy) is 1. The first-order valence-corrected chi connectivity index (χ1v) is 13.3. The molecule has 2 aromatic carbocycles. The SMILES string of the molecule is CC[C@@H](COCc1ccccc1)NC(=O)CC1CCN(Cc2ccn(-c3ccc(C(F)(F)F)cc3)c2)CC1. The number of nitrogens with zero attached hydrogens (tertiary/aromatic N) is 2. The molecule has 1 aliphatic heterocycles. The number of aromatic nitrogens is 1. The Morgan fingerprint density at radius 2 is 1.74 bits per heavy atom. The van der Waals surface area contributed by atoms with Gasteiger partial charge in [-0.3, -0.25) is 9.69 Å². The summed E-state index contributed by atoms with van der Waals surface area (Å²) < 4.78 is 46.1. The summed E-state index contributed by atoms with van der Waals surface area (Å²) >= 11 is 0. The van der Waals surface area contributed by atoms with Gasteiger partial charge in [-0.2, -0.15) is 13.2 Å². The Morgan fingerprint density at radius 1 is 1.03 bits per heavy atom. The average Bonchev–Trinajstić information content (AvgIpc) is 3.38. The Balaban J connectivity index is 1.17. The smallest absolute Gasteiger partial charge is 0.375 e. The number of piperidine rings is 1. The quantitative estimate of drug-likeness (QED) is 0.323. The van der Waals surface area contributed by atoms with Gasteiger partial charge in [-0.15, -0.1) is 0 Å². The molecule has 1 amide bonds. The third kappa shape index (κ3) is 8.20. The first kappa shape index (κ1) is 27.9. The van der Waals surface area contributed by atoms with Crippen LogP contribution in [0.2, 0.25) is 0 Å². The van der Waals surface area contributed by atoms with Crippen molar-refractivity contribution in [3.63, 3.8) is 0 Å². The number of hydrogen-bond acceptors (Lipinski definition) is 3. The van der Waals surface area contributed by atoms with Crippen LogP contribution in [0.4, 0.5) is 13.2 Å². The molecule has 1 aromatic heterocycles. The summed E-state index contributed by atoms with van der Waals surface area (Å²) in [7, 11) is 0. The zero-order valence-electron chi connectivity index (χ0n) is 21.8. The topological polar surface area (TPSA) is 46.5 Å². The fourth-order valence-electron chi connectivity index (χ4n) is 4.83. The van der Waals surface area contributed by atoms with E-state index in [1.54, 1.807) is 0 Å². The minimum atomic E-state index is -4.33. The second kappa shape index (κ2) is 13.1. The van der Waals surface area contributed by atoms with Crippen LogP contribution in [0.5, 0.6) is 0 Å². The molecule has 3 aromatic rings. The molecule has 1 saturated heterocycles. The van der Waals surface area contributed by atoms with Gasteiger partial charge in [-0.1, -0.05) is 37.3 Å². The number of nitrogens with one attached hydrogen (secondary N) is 1. The Kier molecular flexibility index (Phi) is 9.63. The van der Waals surface area contributed by atoms with Crippen LogP contribution in [0.1, 0.15) is 49.3 Å². The highest BCUT2D eigenvalue weighted by Gasteiger charge is 2.30. The molecule has 1 N–H and O–H groups in total. The van der Waals surface area contributed by atoms with Crippen LogP contribution in [0, 0.1) is 5.92 Å². The van der Waals surface area contributed by atoms with Gasteiger partial charge < -0.3 is 14.6 Å². The minimum Gasteiger partial charge on any atom is -0.375 e. The van der Waals surface area contributed by atoms with Crippen molar-refractivity contribution in [2.24, 2.45) is 5.92 Å². The predicted octanol–water partition coefficient (Wildman–Crippen LogP) is 6.21. The number of halogens is 3. The van der Waals surface area contributed by atoms with E-state index in [4.69, 9.17) is 4.74 Å². The Bertz CT molecular complexity index is 1140. The average molecular weight is 528 g/mol. The van der Waals surface area contributed by atoms with Crippen LogP contribution >= 0.6 is 0 Å². The Labute approximate surface area is 222 Å². The summed E-state index contributed by atoms with van der Waals surface area (Å²) in [5.41, 5.74) is 2.29. The van der Waals surface area contributed by atoms with Crippen LogP contribution in [0.15, 0.2) is 73.1 Å². The van der Waals surface area contributed by atoms with Gasteiger partial charge in [-0.25, -0.2) is 0 Å². The molecular weight excluding hydrogens is 491 g/mol. The fraction of sp³-hybridized carbons (Fsp3) is 0.433. The molecule has 0 aliphatic carbocycles. The summed E-state index contributed by atoms with van der Waals surface area (Å²) in [6.45, 7) is 5.71. The molecule has 0 radical (unpaired) electrons. The maximum atomic E-state index is 12.8. The van der Waals surface area contributed by atoms with Crippen LogP contribution in [0.25, 0.3) is 5.69 Å². The number of alkyl halides is 3. The highest BCUT2D eigenvalue weighted by atomic mass is 19.4. The Morgan fingerprint density at radius 3 is 2.39 bits per heavy atom. The molecule has 204 valence electrons. The van der Waals surface area contributed by atoms with Crippen LogP contribution in [0.3, 0.4) is 0 Å². The molecule has 0 saturated carbocycles. The standard InChI is InChI=1S/C30H36F3N3O2/c1-2-27(22-38-21-24-6-4-3-5-7-24)34-29(37)18-23-12-15-35(16-13-23)19-25-14-17-36(20-25)28-10-8-26(9-11-28)30(31,32)33/h3-11,14,17,20,23,27H,2,12-13,15-16,18-19,21-22H2,1H3,(H,34,37)/t27-/m0/s1. The van der Waals surface area contributed by atoms with Crippen molar-refractivity contribution < 1.29 is 22.7 Å². The van der Waals surface area contributed by atoms with Gasteiger partial charge in [-0.05, 0) is 79.7 Å². The van der Waals surface area contributed by atoms with Gasteiger partial charge in [0.25, 0.3) is 0 Å². The number of likely N-dealkylation sites (tertiary alicyclic amines) is 1. The number of amides is 1. The molecule has 5 nitrogen and oxygen atoms in total. The largest absolute Gasteiger partial charge is 0.416 e.